The molecule has 4 nitrogen and oxygen atoms in total. The highest BCUT2D eigenvalue weighted by Crippen LogP contribution is 2.49. The van der Waals surface area contributed by atoms with E-state index < -0.39 is 0 Å². The van der Waals surface area contributed by atoms with E-state index in [1.54, 1.807) is 0 Å². The summed E-state index contributed by atoms with van der Waals surface area (Å²) >= 11 is 0. The van der Waals surface area contributed by atoms with Gasteiger partial charge in [-0.1, -0.05) is 108 Å². The van der Waals surface area contributed by atoms with E-state index >= 15 is 0 Å². The number of carbonyl (C=O) groups is 1. The van der Waals surface area contributed by atoms with E-state index in [2.05, 4.69) is 170 Å². The standard InChI is InChI=1S/C50H40N2O2/c1-31-15-25-43-41(27-31)45(33(3)51(43)39-21-17-37(18-22-39)29-35-11-7-5-8-12-35)47-49(53)48(50(47)54)46-34(4)52(44-26-16-32(2)28-42(44)46)40-23-19-38(20-24-40)30-36-13-9-6-10-14-36/h5-28H,29-30H2,1-4H3/p+1. The van der Waals surface area contributed by atoms with Crippen LogP contribution in [-0.4, -0.2) is 21.2 Å². The topological polar surface area (TPSA) is 45.2 Å². The molecular formula is C50H41N2O2+. The molecule has 1 aliphatic carbocycles. The van der Waals surface area contributed by atoms with E-state index in [9.17, 15) is 9.90 Å². The van der Waals surface area contributed by atoms with Crippen LogP contribution in [0.15, 0.2) is 157 Å². The van der Waals surface area contributed by atoms with E-state index in [4.69, 9.17) is 0 Å². The summed E-state index contributed by atoms with van der Waals surface area (Å²) in [6.07, 6.45) is 1.72. The maximum absolute atomic E-state index is 14.6. The van der Waals surface area contributed by atoms with Crippen molar-refractivity contribution in [3.05, 3.63) is 207 Å². The predicted molar refractivity (Wildman–Crippen MR) is 222 cm³/mol. The molecule has 2 aliphatic rings. The number of aromatic nitrogens is 1. The van der Waals surface area contributed by atoms with Gasteiger partial charge in [-0.05, 0) is 86.2 Å². The first kappa shape index (κ1) is 33.3. The van der Waals surface area contributed by atoms with Gasteiger partial charge in [0.2, 0.25) is 17.2 Å². The molecule has 0 saturated carbocycles. The van der Waals surface area contributed by atoms with E-state index in [1.165, 1.54) is 22.3 Å². The summed E-state index contributed by atoms with van der Waals surface area (Å²) in [5, 5.41) is 13.0. The number of aryl methyl sites for hydroxylation is 2. The van der Waals surface area contributed by atoms with Crippen molar-refractivity contribution in [1.29, 1.82) is 0 Å². The second-order valence-electron chi connectivity index (χ2n) is 14.7. The maximum atomic E-state index is 14.6. The van der Waals surface area contributed by atoms with Crippen molar-refractivity contribution >= 4 is 44.9 Å². The van der Waals surface area contributed by atoms with Gasteiger partial charge in [0.05, 0.1) is 27.8 Å². The molecule has 0 bridgehead atoms. The van der Waals surface area contributed by atoms with Crippen LogP contribution in [0.1, 0.15) is 57.1 Å². The Balaban J connectivity index is 1.14. The number of rotatable bonds is 7. The minimum atomic E-state index is -0.128. The molecule has 6 aromatic carbocycles. The summed E-state index contributed by atoms with van der Waals surface area (Å²) in [4.78, 5) is 14.6. The Hall–Kier alpha value is -6.52. The molecule has 0 atom stereocenters. The van der Waals surface area contributed by atoms with Crippen LogP contribution in [0, 0.1) is 20.8 Å². The summed E-state index contributed by atoms with van der Waals surface area (Å²) in [7, 11) is 0. The van der Waals surface area contributed by atoms with Crippen molar-refractivity contribution in [1.82, 2.24) is 9.14 Å². The Labute approximate surface area is 316 Å². The molecule has 0 spiro atoms. The Kier molecular flexibility index (Phi) is 8.12. The lowest BCUT2D eigenvalue weighted by atomic mass is 9.78. The van der Waals surface area contributed by atoms with Crippen molar-refractivity contribution in [3.63, 3.8) is 0 Å². The molecule has 0 saturated heterocycles. The van der Waals surface area contributed by atoms with Gasteiger partial charge in [-0.15, -0.1) is 0 Å². The Morgan fingerprint density at radius 1 is 0.574 bits per heavy atom. The van der Waals surface area contributed by atoms with Crippen LogP contribution < -0.4 is 4.58 Å². The predicted octanol–water partition coefficient (Wildman–Crippen LogP) is 11.4. The minimum Gasteiger partial charge on any atom is -0.506 e. The Morgan fingerprint density at radius 3 is 1.74 bits per heavy atom. The first-order valence-corrected chi connectivity index (χ1v) is 18.6. The summed E-state index contributed by atoms with van der Waals surface area (Å²) in [5.41, 5.74) is 16.4. The fourth-order valence-electron chi connectivity index (χ4n) is 8.42. The highest BCUT2D eigenvalue weighted by Gasteiger charge is 2.45. The van der Waals surface area contributed by atoms with Gasteiger partial charge < -0.3 is 9.67 Å². The number of Topliss-reactive ketones (excluding diaryl/α,β-unsaturated/α-hetero) is 1. The fraction of sp³-hybridized carbons (Fsp3) is 0.120. The molecule has 262 valence electrons. The molecule has 1 aromatic heterocycles. The molecule has 0 radical (unpaired) electrons. The normalized spacial score (nSPS) is 15.3. The molecule has 7 aromatic rings. The number of fused-ring (bicyclic) bond motifs is 2. The van der Waals surface area contributed by atoms with Gasteiger partial charge in [-0.2, -0.15) is 4.58 Å². The van der Waals surface area contributed by atoms with Crippen molar-refractivity contribution in [3.8, 4) is 5.69 Å². The molecule has 4 heteroatoms. The third-order valence-corrected chi connectivity index (χ3v) is 11.0. The van der Waals surface area contributed by atoms with Crippen molar-refractivity contribution < 1.29 is 9.90 Å². The molecule has 0 fully saturated rings. The van der Waals surface area contributed by atoms with Gasteiger partial charge in [0, 0.05) is 47.5 Å². The number of ketones is 1. The van der Waals surface area contributed by atoms with Gasteiger partial charge in [0.1, 0.15) is 5.76 Å². The molecule has 0 amide bonds. The number of carbonyl (C=O) groups excluding carboxylic acids is 1. The van der Waals surface area contributed by atoms with E-state index in [1.807, 2.05) is 12.1 Å². The SMILES string of the molecule is CC1=[N+](c2ccc(Cc3ccccc3)cc2)c2ccc(C)cc2/C1=C1/C(=O)C(c2c(C)n(-c3ccc(Cc4ccccc4)cc3)c3ccc(C)cc23)=C1O. The Morgan fingerprint density at radius 2 is 1.13 bits per heavy atom. The van der Waals surface area contributed by atoms with Crippen LogP contribution in [0.4, 0.5) is 11.4 Å². The Bertz CT molecular complexity index is 2730. The van der Waals surface area contributed by atoms with Gasteiger partial charge >= 0.3 is 0 Å². The second kappa shape index (κ2) is 13.2. The molecule has 54 heavy (non-hydrogen) atoms. The van der Waals surface area contributed by atoms with E-state index in [0.29, 0.717) is 11.1 Å². The number of hydrogen-bond acceptors (Lipinski definition) is 2. The first-order valence-electron chi connectivity index (χ1n) is 18.6. The van der Waals surface area contributed by atoms with Gasteiger partial charge in [0.15, 0.2) is 5.71 Å². The molecule has 2 heterocycles. The highest BCUT2D eigenvalue weighted by molar-refractivity contribution is 6.48. The molecule has 1 aliphatic heterocycles. The summed E-state index contributed by atoms with van der Waals surface area (Å²) in [6.45, 7) is 8.24. The van der Waals surface area contributed by atoms with E-state index in [0.717, 1.165) is 80.0 Å². The number of benzene rings is 6. The zero-order chi connectivity index (χ0) is 37.1. The van der Waals surface area contributed by atoms with Crippen LogP contribution in [0.3, 0.4) is 0 Å². The maximum Gasteiger partial charge on any atom is 0.219 e. The van der Waals surface area contributed by atoms with Crippen molar-refractivity contribution in [2.45, 2.75) is 40.5 Å². The van der Waals surface area contributed by atoms with Crippen LogP contribution in [-0.2, 0) is 17.6 Å². The number of nitrogens with zero attached hydrogens (tertiary/aromatic N) is 2. The smallest absolute Gasteiger partial charge is 0.219 e. The molecular weight excluding hydrogens is 661 g/mol. The lowest BCUT2D eigenvalue weighted by molar-refractivity contribution is -0.111. The average molecular weight is 702 g/mol. The quantitative estimate of drug-likeness (QED) is 0.133. The first-order chi connectivity index (χ1) is 26.3. The lowest BCUT2D eigenvalue weighted by Crippen LogP contribution is -2.24. The lowest BCUT2D eigenvalue weighted by Gasteiger charge is -2.23. The summed E-state index contributed by atoms with van der Waals surface area (Å²) in [6, 6.07) is 51.0. The fourth-order valence-corrected chi connectivity index (χ4v) is 8.42. The third-order valence-electron chi connectivity index (χ3n) is 11.0. The monoisotopic (exact) mass is 701 g/mol. The largest absolute Gasteiger partial charge is 0.506 e. The minimum absolute atomic E-state index is 0.0590. The van der Waals surface area contributed by atoms with Crippen molar-refractivity contribution in [2.24, 2.45) is 0 Å². The van der Waals surface area contributed by atoms with E-state index in [-0.39, 0.29) is 11.5 Å². The third kappa shape index (κ3) is 5.54. The van der Waals surface area contributed by atoms with Gasteiger partial charge in [-0.25, -0.2) is 0 Å². The molecule has 9 rings (SSSR count). The zero-order valence-corrected chi connectivity index (χ0v) is 31.0. The molecule has 0 unspecified atom stereocenters. The van der Waals surface area contributed by atoms with Crippen LogP contribution in [0.5, 0.6) is 0 Å². The van der Waals surface area contributed by atoms with Gasteiger partial charge in [0.25, 0.3) is 0 Å². The number of hydrogen-bond donors (Lipinski definition) is 1. The number of allylic oxidation sites excluding steroid dienone is 3. The van der Waals surface area contributed by atoms with Crippen LogP contribution in [0.25, 0.3) is 27.7 Å². The zero-order valence-electron chi connectivity index (χ0n) is 31.0. The summed E-state index contributed by atoms with van der Waals surface area (Å²) < 4.78 is 4.42. The summed E-state index contributed by atoms with van der Waals surface area (Å²) in [5.74, 6) is -0.0695. The van der Waals surface area contributed by atoms with Crippen LogP contribution in [0.2, 0.25) is 0 Å². The van der Waals surface area contributed by atoms with Gasteiger partial charge in [-0.3, -0.25) is 4.79 Å². The molecule has 1 N–H and O–H groups in total. The number of aliphatic hydroxyl groups is 1. The number of aliphatic hydroxyl groups excluding tert-OH is 1. The highest BCUT2D eigenvalue weighted by atomic mass is 16.3. The van der Waals surface area contributed by atoms with Crippen molar-refractivity contribution in [2.75, 3.05) is 0 Å². The average Bonchev–Trinajstić information content (AvgIpc) is 3.61. The van der Waals surface area contributed by atoms with Crippen LogP contribution >= 0.6 is 0 Å². The second-order valence-corrected chi connectivity index (χ2v) is 14.7.